The molecule has 0 radical (unpaired) electrons. The molecule has 186 valence electrons. The molecule has 4 aliphatic rings. The predicted octanol–water partition coefficient (Wildman–Crippen LogP) is 4.63. The molecule has 0 bridgehead atoms. The maximum atomic E-state index is 11.2. The Morgan fingerprint density at radius 3 is 2.06 bits per heavy atom. The zero-order valence-corrected chi connectivity index (χ0v) is 21.4. The van der Waals surface area contributed by atoms with E-state index in [0.29, 0.717) is 35.5 Å². The van der Waals surface area contributed by atoms with Gasteiger partial charge in [0.2, 0.25) is 0 Å². The van der Waals surface area contributed by atoms with E-state index in [9.17, 15) is 20.4 Å². The molecule has 4 N–H and O–H groups in total. The van der Waals surface area contributed by atoms with Crippen LogP contribution in [-0.4, -0.2) is 44.8 Å². The third kappa shape index (κ3) is 3.80. The van der Waals surface area contributed by atoms with Gasteiger partial charge in [-0.3, -0.25) is 0 Å². The van der Waals surface area contributed by atoms with Gasteiger partial charge in [0.25, 0.3) is 0 Å². The molecule has 4 aliphatic carbocycles. The van der Waals surface area contributed by atoms with Gasteiger partial charge in [0.05, 0.1) is 24.4 Å². The molecule has 0 heterocycles. The number of hydrogen-bond donors (Lipinski definition) is 4. The van der Waals surface area contributed by atoms with E-state index in [4.69, 9.17) is 0 Å². The minimum atomic E-state index is -0.659. The van der Waals surface area contributed by atoms with Crippen molar-refractivity contribution >= 4 is 0 Å². The molecule has 4 nitrogen and oxygen atoms in total. The highest BCUT2D eigenvalue weighted by atomic mass is 16.3. The number of hydrogen-bond acceptors (Lipinski definition) is 4. The first-order valence-electron chi connectivity index (χ1n) is 13.6. The van der Waals surface area contributed by atoms with Crippen molar-refractivity contribution in [2.45, 2.75) is 117 Å². The normalized spacial score (nSPS) is 50.2. The molecular formula is C28H50O4. The summed E-state index contributed by atoms with van der Waals surface area (Å²) in [7, 11) is 0. The monoisotopic (exact) mass is 450 g/mol. The molecule has 4 fully saturated rings. The summed E-state index contributed by atoms with van der Waals surface area (Å²) in [4.78, 5) is 0. The summed E-state index contributed by atoms with van der Waals surface area (Å²) < 4.78 is 0. The SMILES string of the molecule is CC(C)[C@H](C)[C@@H](O)[C@H](O)[C@@H](C)[C@H]1CCC2[C@@H]3CC[C@H]4C[C@H](O)[C@H](O)C[C@]4(C)[C@H]3CC[C@@]21C. The van der Waals surface area contributed by atoms with Crippen molar-refractivity contribution in [3.05, 3.63) is 0 Å². The Balaban J connectivity index is 1.52. The molecule has 1 unspecified atom stereocenters. The first kappa shape index (κ1) is 24.9. The Bertz CT molecular complexity index is 666. The Kier molecular flexibility index (Phi) is 6.87. The molecule has 0 aromatic carbocycles. The topological polar surface area (TPSA) is 80.9 Å². The molecule has 0 spiro atoms. The first-order chi connectivity index (χ1) is 14.9. The quantitative estimate of drug-likeness (QED) is 0.492. The molecule has 4 saturated carbocycles. The Morgan fingerprint density at radius 1 is 0.750 bits per heavy atom. The van der Waals surface area contributed by atoms with E-state index in [2.05, 4.69) is 41.5 Å². The standard InChI is InChI=1S/C28H50O4/c1-15(2)16(3)25(31)26(32)17(4)20-9-10-21-19-8-7-18-13-23(29)24(30)14-28(18,6)22(19)11-12-27(20,21)5/h15-26,29-32H,7-14H2,1-6H3/t16-,17-,18-,19-,20+,21?,22-,23-,24+,25+,26+,27+,28-/m0/s1. The molecule has 0 saturated heterocycles. The van der Waals surface area contributed by atoms with Crippen LogP contribution in [0.25, 0.3) is 0 Å². The fourth-order valence-corrected chi connectivity index (χ4v) is 9.43. The molecule has 0 aromatic rings. The molecule has 4 heteroatoms. The van der Waals surface area contributed by atoms with Crippen molar-refractivity contribution < 1.29 is 20.4 Å². The van der Waals surface area contributed by atoms with Crippen LogP contribution in [-0.2, 0) is 0 Å². The Labute approximate surface area is 196 Å². The van der Waals surface area contributed by atoms with Crippen LogP contribution >= 0.6 is 0 Å². The molecule has 13 atom stereocenters. The molecule has 0 aromatic heterocycles. The minimum absolute atomic E-state index is 0.0940. The van der Waals surface area contributed by atoms with Crippen LogP contribution in [0.5, 0.6) is 0 Å². The van der Waals surface area contributed by atoms with Crippen LogP contribution in [0.2, 0.25) is 0 Å². The third-order valence-corrected chi connectivity index (χ3v) is 11.9. The molecule has 0 amide bonds. The second-order valence-electron chi connectivity index (χ2n) is 13.4. The van der Waals surface area contributed by atoms with E-state index in [1.807, 2.05) is 0 Å². The summed E-state index contributed by atoms with van der Waals surface area (Å²) in [6.07, 6.45) is 6.31. The van der Waals surface area contributed by atoms with Crippen LogP contribution in [0.3, 0.4) is 0 Å². The number of rotatable bonds is 5. The smallest absolute Gasteiger partial charge is 0.0830 e. The highest BCUT2D eigenvalue weighted by Gasteiger charge is 2.62. The van der Waals surface area contributed by atoms with Crippen molar-refractivity contribution in [3.8, 4) is 0 Å². The van der Waals surface area contributed by atoms with Gasteiger partial charge in [-0.05, 0) is 110 Å². The lowest BCUT2D eigenvalue weighted by atomic mass is 9.44. The molecule has 32 heavy (non-hydrogen) atoms. The molecule has 0 aliphatic heterocycles. The van der Waals surface area contributed by atoms with E-state index in [1.165, 1.54) is 32.1 Å². The van der Waals surface area contributed by atoms with Crippen LogP contribution in [0.4, 0.5) is 0 Å². The summed E-state index contributed by atoms with van der Waals surface area (Å²) >= 11 is 0. The van der Waals surface area contributed by atoms with Crippen LogP contribution < -0.4 is 0 Å². The molecular weight excluding hydrogens is 400 g/mol. The lowest BCUT2D eigenvalue weighted by molar-refractivity contribution is -0.163. The van der Waals surface area contributed by atoms with Gasteiger partial charge in [-0.1, -0.05) is 41.5 Å². The van der Waals surface area contributed by atoms with Gasteiger partial charge in [-0.2, -0.15) is 0 Å². The largest absolute Gasteiger partial charge is 0.390 e. The van der Waals surface area contributed by atoms with E-state index >= 15 is 0 Å². The highest BCUT2D eigenvalue weighted by molar-refractivity contribution is 5.11. The van der Waals surface area contributed by atoms with E-state index < -0.39 is 24.4 Å². The average molecular weight is 451 g/mol. The van der Waals surface area contributed by atoms with Gasteiger partial charge in [-0.15, -0.1) is 0 Å². The molecule has 4 rings (SSSR count). The predicted molar refractivity (Wildman–Crippen MR) is 128 cm³/mol. The summed E-state index contributed by atoms with van der Waals surface area (Å²) in [6, 6.07) is 0. The van der Waals surface area contributed by atoms with E-state index in [0.717, 1.165) is 19.3 Å². The van der Waals surface area contributed by atoms with Crippen molar-refractivity contribution in [2.24, 2.45) is 58.2 Å². The van der Waals surface area contributed by atoms with Gasteiger partial charge in [0.15, 0.2) is 0 Å². The van der Waals surface area contributed by atoms with E-state index in [-0.39, 0.29) is 22.7 Å². The van der Waals surface area contributed by atoms with Crippen LogP contribution in [0.15, 0.2) is 0 Å². The number of aliphatic hydroxyl groups excluding tert-OH is 4. The summed E-state index contributed by atoms with van der Waals surface area (Å²) in [5, 5.41) is 42.8. The van der Waals surface area contributed by atoms with Gasteiger partial charge in [0.1, 0.15) is 0 Å². The minimum Gasteiger partial charge on any atom is -0.390 e. The maximum absolute atomic E-state index is 11.2. The Morgan fingerprint density at radius 2 is 1.41 bits per heavy atom. The fraction of sp³-hybridized carbons (Fsp3) is 1.00. The van der Waals surface area contributed by atoms with Gasteiger partial charge >= 0.3 is 0 Å². The average Bonchev–Trinajstić information content (AvgIpc) is 3.09. The van der Waals surface area contributed by atoms with Gasteiger partial charge in [-0.25, -0.2) is 0 Å². The summed E-state index contributed by atoms with van der Waals surface area (Å²) in [5.74, 6) is 3.59. The van der Waals surface area contributed by atoms with E-state index in [1.54, 1.807) is 0 Å². The van der Waals surface area contributed by atoms with Crippen molar-refractivity contribution in [2.75, 3.05) is 0 Å². The summed E-state index contributed by atoms with van der Waals surface area (Å²) in [5.41, 5.74) is 0.382. The van der Waals surface area contributed by atoms with Crippen molar-refractivity contribution in [3.63, 3.8) is 0 Å². The fourth-order valence-electron chi connectivity index (χ4n) is 9.43. The first-order valence-corrected chi connectivity index (χ1v) is 13.6. The van der Waals surface area contributed by atoms with Crippen molar-refractivity contribution in [1.29, 1.82) is 0 Å². The zero-order valence-electron chi connectivity index (χ0n) is 21.4. The van der Waals surface area contributed by atoms with Gasteiger partial charge < -0.3 is 20.4 Å². The summed E-state index contributed by atoms with van der Waals surface area (Å²) in [6.45, 7) is 13.4. The Hall–Kier alpha value is -0.160. The lowest BCUT2D eigenvalue weighted by Crippen LogP contribution is -2.57. The van der Waals surface area contributed by atoms with Crippen LogP contribution in [0.1, 0.15) is 92.9 Å². The zero-order chi connectivity index (χ0) is 23.6. The van der Waals surface area contributed by atoms with Crippen molar-refractivity contribution in [1.82, 2.24) is 0 Å². The highest BCUT2D eigenvalue weighted by Crippen LogP contribution is 2.68. The lowest BCUT2D eigenvalue weighted by Gasteiger charge is -2.61. The maximum Gasteiger partial charge on any atom is 0.0830 e. The third-order valence-electron chi connectivity index (χ3n) is 11.9. The van der Waals surface area contributed by atoms with Gasteiger partial charge in [0, 0.05) is 0 Å². The number of fused-ring (bicyclic) bond motifs is 5. The second kappa shape index (κ2) is 8.81. The second-order valence-corrected chi connectivity index (χ2v) is 13.4. The van der Waals surface area contributed by atoms with Crippen LogP contribution in [0, 0.1) is 58.2 Å². The number of aliphatic hydroxyl groups is 4.